The molecule has 14 heavy (non-hydrogen) atoms. The Hall–Kier alpha value is -0.900. The summed E-state index contributed by atoms with van der Waals surface area (Å²) in [7, 11) is 0. The standard InChI is InChI=1S/C11H11BrN2/c12-9-6-5-7-3-1-2-4-8(7)10(9)11(13)14/h1-6,11H,13-14H2. The predicted molar refractivity (Wildman–Crippen MR) is 62.8 cm³/mol. The highest BCUT2D eigenvalue weighted by atomic mass is 79.9. The smallest absolute Gasteiger partial charge is 0.0801 e. The molecule has 0 fully saturated rings. The lowest BCUT2D eigenvalue weighted by Crippen LogP contribution is -2.20. The summed E-state index contributed by atoms with van der Waals surface area (Å²) >= 11 is 3.46. The van der Waals surface area contributed by atoms with Gasteiger partial charge >= 0.3 is 0 Å². The molecule has 0 saturated carbocycles. The van der Waals surface area contributed by atoms with Crippen molar-refractivity contribution in [2.24, 2.45) is 11.5 Å². The zero-order chi connectivity index (χ0) is 10.1. The Morgan fingerprint density at radius 3 is 2.43 bits per heavy atom. The highest BCUT2D eigenvalue weighted by molar-refractivity contribution is 9.10. The van der Waals surface area contributed by atoms with Crippen molar-refractivity contribution in [3.8, 4) is 0 Å². The molecular formula is C11H11BrN2. The predicted octanol–water partition coefficient (Wildman–Crippen LogP) is 2.52. The fourth-order valence-electron chi connectivity index (χ4n) is 1.61. The van der Waals surface area contributed by atoms with Crippen molar-refractivity contribution in [1.29, 1.82) is 0 Å². The lowest BCUT2D eigenvalue weighted by atomic mass is 10.0. The second kappa shape index (κ2) is 3.69. The van der Waals surface area contributed by atoms with Gasteiger partial charge in [0.1, 0.15) is 0 Å². The van der Waals surface area contributed by atoms with Crippen LogP contribution in [0, 0.1) is 0 Å². The Morgan fingerprint density at radius 2 is 1.71 bits per heavy atom. The molecule has 72 valence electrons. The van der Waals surface area contributed by atoms with Crippen LogP contribution in [-0.4, -0.2) is 0 Å². The van der Waals surface area contributed by atoms with E-state index in [0.717, 1.165) is 20.8 Å². The molecule has 0 saturated heterocycles. The molecule has 3 heteroatoms. The van der Waals surface area contributed by atoms with E-state index < -0.39 is 6.17 Å². The highest BCUT2D eigenvalue weighted by Gasteiger charge is 2.09. The third-order valence-corrected chi connectivity index (χ3v) is 2.94. The number of nitrogens with two attached hydrogens (primary N) is 2. The van der Waals surface area contributed by atoms with Gasteiger partial charge in [0.15, 0.2) is 0 Å². The normalized spacial score (nSPS) is 11.1. The minimum Gasteiger partial charge on any atom is -0.312 e. The summed E-state index contributed by atoms with van der Waals surface area (Å²) in [6.07, 6.45) is -0.449. The third-order valence-electron chi connectivity index (χ3n) is 2.25. The van der Waals surface area contributed by atoms with Crippen LogP contribution in [0.25, 0.3) is 10.8 Å². The van der Waals surface area contributed by atoms with Gasteiger partial charge in [-0.3, -0.25) is 0 Å². The summed E-state index contributed by atoms with van der Waals surface area (Å²) in [5.41, 5.74) is 12.4. The number of benzene rings is 2. The molecule has 4 N–H and O–H groups in total. The molecule has 0 aliphatic rings. The molecule has 2 nitrogen and oxygen atoms in total. The number of hydrogen-bond acceptors (Lipinski definition) is 2. The summed E-state index contributed by atoms with van der Waals surface area (Å²) < 4.78 is 0.964. The first-order chi connectivity index (χ1) is 6.70. The van der Waals surface area contributed by atoms with Gasteiger partial charge in [0.05, 0.1) is 6.17 Å². The van der Waals surface area contributed by atoms with Crippen LogP contribution in [-0.2, 0) is 0 Å². The van der Waals surface area contributed by atoms with Gasteiger partial charge in [0, 0.05) is 10.0 Å². The minimum absolute atomic E-state index is 0.449. The van der Waals surface area contributed by atoms with Crippen LogP contribution in [0.5, 0.6) is 0 Å². The quantitative estimate of drug-likeness (QED) is 0.765. The van der Waals surface area contributed by atoms with Crippen molar-refractivity contribution >= 4 is 26.7 Å². The molecule has 0 amide bonds. The summed E-state index contributed by atoms with van der Waals surface area (Å²) in [6, 6.07) is 12.1. The molecule has 0 heterocycles. The van der Waals surface area contributed by atoms with Crippen LogP contribution >= 0.6 is 15.9 Å². The fourth-order valence-corrected chi connectivity index (χ4v) is 2.22. The van der Waals surface area contributed by atoms with Gasteiger partial charge in [-0.05, 0) is 16.8 Å². The molecule has 0 aromatic heterocycles. The SMILES string of the molecule is NC(N)c1c(Br)ccc2ccccc12. The molecule has 0 aliphatic heterocycles. The molecule has 0 radical (unpaired) electrons. The third kappa shape index (κ3) is 1.54. The van der Waals surface area contributed by atoms with Gasteiger partial charge in [0.25, 0.3) is 0 Å². The average molecular weight is 251 g/mol. The second-order valence-corrected chi connectivity index (χ2v) is 4.06. The number of halogens is 1. The maximum Gasteiger partial charge on any atom is 0.0801 e. The van der Waals surface area contributed by atoms with Crippen molar-refractivity contribution in [2.45, 2.75) is 6.17 Å². The number of fused-ring (bicyclic) bond motifs is 1. The van der Waals surface area contributed by atoms with Crippen LogP contribution < -0.4 is 11.5 Å². The van der Waals surface area contributed by atoms with E-state index in [-0.39, 0.29) is 0 Å². The summed E-state index contributed by atoms with van der Waals surface area (Å²) in [6.45, 7) is 0. The van der Waals surface area contributed by atoms with Gasteiger partial charge in [-0.15, -0.1) is 0 Å². The zero-order valence-electron chi connectivity index (χ0n) is 7.57. The molecule has 0 unspecified atom stereocenters. The van der Waals surface area contributed by atoms with E-state index in [2.05, 4.69) is 15.9 Å². The summed E-state index contributed by atoms with van der Waals surface area (Å²) in [5.74, 6) is 0. The Morgan fingerprint density at radius 1 is 1.00 bits per heavy atom. The zero-order valence-corrected chi connectivity index (χ0v) is 9.16. The van der Waals surface area contributed by atoms with Crippen LogP contribution in [0.1, 0.15) is 11.7 Å². The van der Waals surface area contributed by atoms with E-state index in [1.54, 1.807) is 0 Å². The number of rotatable bonds is 1. The second-order valence-electron chi connectivity index (χ2n) is 3.21. The van der Waals surface area contributed by atoms with Crippen molar-refractivity contribution in [3.63, 3.8) is 0 Å². The monoisotopic (exact) mass is 250 g/mol. The molecule has 0 aliphatic carbocycles. The first kappa shape index (κ1) is 9.65. The van der Waals surface area contributed by atoms with Gasteiger partial charge in [-0.1, -0.05) is 46.3 Å². The lowest BCUT2D eigenvalue weighted by molar-refractivity contribution is 0.777. The molecule has 0 spiro atoms. The van der Waals surface area contributed by atoms with Gasteiger partial charge in [-0.25, -0.2) is 0 Å². The van der Waals surface area contributed by atoms with E-state index in [4.69, 9.17) is 11.5 Å². The average Bonchev–Trinajstić information content (AvgIpc) is 2.17. The maximum atomic E-state index is 5.73. The van der Waals surface area contributed by atoms with E-state index in [0.29, 0.717) is 0 Å². The molecule has 2 rings (SSSR count). The van der Waals surface area contributed by atoms with Gasteiger partial charge in [-0.2, -0.15) is 0 Å². The maximum absolute atomic E-state index is 5.73. The van der Waals surface area contributed by atoms with Gasteiger partial charge in [0.2, 0.25) is 0 Å². The molecule has 2 aromatic carbocycles. The first-order valence-electron chi connectivity index (χ1n) is 4.38. The lowest BCUT2D eigenvalue weighted by Gasteiger charge is -2.12. The van der Waals surface area contributed by atoms with Crippen molar-refractivity contribution in [3.05, 3.63) is 46.4 Å². The molecule has 0 atom stereocenters. The summed E-state index contributed by atoms with van der Waals surface area (Å²) in [4.78, 5) is 0. The molecular weight excluding hydrogens is 240 g/mol. The largest absolute Gasteiger partial charge is 0.312 e. The van der Waals surface area contributed by atoms with E-state index in [1.807, 2.05) is 36.4 Å². The van der Waals surface area contributed by atoms with E-state index in [9.17, 15) is 0 Å². The molecule has 0 bridgehead atoms. The van der Waals surface area contributed by atoms with Crippen LogP contribution in [0.4, 0.5) is 0 Å². The Labute approximate surface area is 91.0 Å². The summed E-state index contributed by atoms with van der Waals surface area (Å²) in [5, 5.41) is 2.27. The van der Waals surface area contributed by atoms with Gasteiger partial charge < -0.3 is 11.5 Å². The van der Waals surface area contributed by atoms with E-state index in [1.165, 1.54) is 0 Å². The van der Waals surface area contributed by atoms with Crippen molar-refractivity contribution in [2.75, 3.05) is 0 Å². The van der Waals surface area contributed by atoms with Crippen LogP contribution in [0.2, 0.25) is 0 Å². The Bertz CT molecular complexity index is 466. The topological polar surface area (TPSA) is 52.0 Å². The van der Waals surface area contributed by atoms with E-state index >= 15 is 0 Å². The number of hydrogen-bond donors (Lipinski definition) is 2. The highest BCUT2D eigenvalue weighted by Crippen LogP contribution is 2.28. The van der Waals surface area contributed by atoms with Crippen LogP contribution in [0.15, 0.2) is 40.9 Å². The van der Waals surface area contributed by atoms with Crippen molar-refractivity contribution < 1.29 is 0 Å². The van der Waals surface area contributed by atoms with Crippen molar-refractivity contribution in [1.82, 2.24) is 0 Å². The minimum atomic E-state index is -0.449. The Balaban J connectivity index is 2.83. The van der Waals surface area contributed by atoms with Crippen LogP contribution in [0.3, 0.4) is 0 Å². The Kier molecular flexibility index (Phi) is 2.54. The molecule has 2 aromatic rings. The first-order valence-corrected chi connectivity index (χ1v) is 5.18. The fraction of sp³-hybridized carbons (Fsp3) is 0.0909.